The first-order chi connectivity index (χ1) is 10.3. The van der Waals surface area contributed by atoms with Crippen LogP contribution in [-0.4, -0.2) is 24.5 Å². The summed E-state index contributed by atoms with van der Waals surface area (Å²) in [6.07, 6.45) is 2.60. The van der Waals surface area contributed by atoms with Crippen LogP contribution in [0.3, 0.4) is 0 Å². The third kappa shape index (κ3) is 2.28. The minimum absolute atomic E-state index is 0.0136. The minimum Gasteiger partial charge on any atom is -0.324 e. The first-order valence-corrected chi connectivity index (χ1v) is 8.62. The van der Waals surface area contributed by atoms with Crippen molar-refractivity contribution in [3.63, 3.8) is 0 Å². The molecule has 0 bridgehead atoms. The molecule has 0 saturated heterocycles. The Kier molecular flexibility index (Phi) is 3.65. The second-order valence-electron chi connectivity index (χ2n) is 5.39. The molecule has 8 heteroatoms. The molecule has 3 rings (SSSR count). The van der Waals surface area contributed by atoms with Crippen molar-refractivity contribution in [2.24, 2.45) is 7.05 Å². The lowest BCUT2D eigenvalue weighted by Gasteiger charge is -2.30. The normalized spacial score (nSPS) is 15.0. The number of aromatic nitrogens is 2. The molecular weight excluding hydrogens is 329 g/mol. The third-order valence-corrected chi connectivity index (χ3v) is 6.00. The van der Waals surface area contributed by atoms with E-state index in [9.17, 15) is 12.8 Å². The lowest BCUT2D eigenvalue weighted by atomic mass is 10.0. The highest BCUT2D eigenvalue weighted by molar-refractivity contribution is 7.92. The molecule has 0 atom stereocenters. The van der Waals surface area contributed by atoms with Gasteiger partial charge in [0, 0.05) is 13.6 Å². The van der Waals surface area contributed by atoms with E-state index in [-0.39, 0.29) is 22.4 Å². The van der Waals surface area contributed by atoms with Crippen molar-refractivity contribution in [3.05, 3.63) is 40.6 Å². The zero-order valence-electron chi connectivity index (χ0n) is 12.2. The quantitative estimate of drug-likeness (QED) is 0.842. The number of nitrogens with zero attached hydrogens (tertiary/aromatic N) is 3. The van der Waals surface area contributed by atoms with E-state index in [2.05, 4.69) is 4.98 Å². The number of hydrogen-bond acceptors (Lipinski definition) is 3. The highest BCUT2D eigenvalue weighted by Gasteiger charge is 2.35. The molecule has 22 heavy (non-hydrogen) atoms. The fraction of sp³-hybridized carbons (Fsp3) is 0.357. The fourth-order valence-corrected chi connectivity index (χ4v) is 4.66. The van der Waals surface area contributed by atoms with Gasteiger partial charge >= 0.3 is 0 Å². The Bertz CT molecular complexity index is 848. The zero-order chi connectivity index (χ0) is 16.1. The van der Waals surface area contributed by atoms with Crippen molar-refractivity contribution < 1.29 is 12.8 Å². The highest BCUT2D eigenvalue weighted by Crippen LogP contribution is 2.36. The second-order valence-corrected chi connectivity index (χ2v) is 7.52. The van der Waals surface area contributed by atoms with Crippen LogP contribution in [0.15, 0.2) is 23.5 Å². The molecule has 2 heterocycles. The maximum Gasteiger partial charge on any atom is 0.285 e. The number of fused-ring (bicyclic) bond motifs is 1. The number of aryl methyl sites for hydroxylation is 3. The molecule has 1 aromatic heterocycles. The molecule has 0 aliphatic carbocycles. The van der Waals surface area contributed by atoms with Crippen LogP contribution in [0.2, 0.25) is 5.15 Å². The predicted octanol–water partition coefficient (Wildman–Crippen LogP) is 2.66. The van der Waals surface area contributed by atoms with Gasteiger partial charge in [0.2, 0.25) is 5.03 Å². The Labute approximate surface area is 133 Å². The van der Waals surface area contributed by atoms with E-state index < -0.39 is 15.8 Å². The predicted molar refractivity (Wildman–Crippen MR) is 82.2 cm³/mol. The largest absolute Gasteiger partial charge is 0.324 e. The molecule has 0 N–H and O–H groups in total. The van der Waals surface area contributed by atoms with Gasteiger partial charge in [-0.3, -0.25) is 4.31 Å². The van der Waals surface area contributed by atoms with Gasteiger partial charge in [0.05, 0.1) is 12.0 Å². The topological polar surface area (TPSA) is 55.2 Å². The molecule has 0 unspecified atom stereocenters. The molecule has 0 fully saturated rings. The first-order valence-electron chi connectivity index (χ1n) is 6.81. The molecule has 0 saturated carbocycles. The summed E-state index contributed by atoms with van der Waals surface area (Å²) in [4.78, 5) is 3.86. The second kappa shape index (κ2) is 5.24. The maximum atomic E-state index is 14.4. The van der Waals surface area contributed by atoms with Gasteiger partial charge in [0.1, 0.15) is 11.0 Å². The smallest absolute Gasteiger partial charge is 0.285 e. The van der Waals surface area contributed by atoms with Gasteiger partial charge in [-0.25, -0.2) is 9.37 Å². The molecule has 0 radical (unpaired) electrons. The Morgan fingerprint density at radius 2 is 2.09 bits per heavy atom. The molecule has 1 aliphatic rings. The molecule has 1 aliphatic heterocycles. The third-order valence-electron chi connectivity index (χ3n) is 3.71. The van der Waals surface area contributed by atoms with Gasteiger partial charge in [-0.1, -0.05) is 17.7 Å². The molecule has 0 amide bonds. The number of rotatable bonds is 2. The van der Waals surface area contributed by atoms with E-state index in [4.69, 9.17) is 11.6 Å². The van der Waals surface area contributed by atoms with Crippen LogP contribution in [0.25, 0.3) is 0 Å². The van der Waals surface area contributed by atoms with Gasteiger partial charge in [0.25, 0.3) is 10.0 Å². The maximum absolute atomic E-state index is 14.4. The van der Waals surface area contributed by atoms with Crippen molar-refractivity contribution in [1.29, 1.82) is 0 Å². The number of hydrogen-bond donors (Lipinski definition) is 0. The Balaban J connectivity index is 2.17. The summed E-state index contributed by atoms with van der Waals surface area (Å²) in [7, 11) is -2.39. The van der Waals surface area contributed by atoms with E-state index in [1.54, 1.807) is 14.0 Å². The first kappa shape index (κ1) is 15.3. The van der Waals surface area contributed by atoms with Crippen LogP contribution in [0, 0.1) is 12.7 Å². The monoisotopic (exact) mass is 343 g/mol. The average Bonchev–Trinajstić information content (AvgIpc) is 2.78. The SMILES string of the molecule is Cc1cc(F)c2c(c1)CCCN2S(=O)(=O)c1ncn(C)c1Cl. The summed E-state index contributed by atoms with van der Waals surface area (Å²) >= 11 is 6.01. The standard InChI is InChI=1S/C14H15ClFN3O2S/c1-9-6-10-4-3-5-19(12(10)11(16)7-9)22(20,21)14-13(15)18(2)8-17-14/h6-8H,3-5H2,1-2H3. The molecule has 5 nitrogen and oxygen atoms in total. The summed E-state index contributed by atoms with van der Waals surface area (Å²) in [6.45, 7) is 1.99. The Hall–Kier alpha value is -1.60. The molecule has 0 spiro atoms. The van der Waals surface area contributed by atoms with Crippen LogP contribution in [0.5, 0.6) is 0 Å². The van der Waals surface area contributed by atoms with Crippen molar-refractivity contribution in [3.8, 4) is 0 Å². The number of sulfonamides is 1. The summed E-state index contributed by atoms with van der Waals surface area (Å²) in [5.41, 5.74) is 1.57. The van der Waals surface area contributed by atoms with E-state index in [0.717, 1.165) is 9.87 Å². The molecule has 1 aromatic carbocycles. The van der Waals surface area contributed by atoms with Crippen molar-refractivity contribution in [2.75, 3.05) is 10.8 Å². The number of anilines is 1. The van der Waals surface area contributed by atoms with Crippen LogP contribution in [-0.2, 0) is 23.5 Å². The van der Waals surface area contributed by atoms with E-state index >= 15 is 0 Å². The number of halogens is 2. The zero-order valence-corrected chi connectivity index (χ0v) is 13.7. The van der Waals surface area contributed by atoms with Crippen molar-refractivity contribution in [1.82, 2.24) is 9.55 Å². The average molecular weight is 344 g/mol. The fourth-order valence-electron chi connectivity index (χ4n) is 2.71. The van der Waals surface area contributed by atoms with E-state index in [1.807, 2.05) is 6.07 Å². The summed E-state index contributed by atoms with van der Waals surface area (Å²) in [5, 5.41) is -0.232. The van der Waals surface area contributed by atoms with Gasteiger partial charge in [-0.05, 0) is 37.0 Å². The summed E-state index contributed by atoms with van der Waals surface area (Å²) < 4.78 is 42.5. The van der Waals surface area contributed by atoms with Gasteiger partial charge in [-0.2, -0.15) is 8.42 Å². The van der Waals surface area contributed by atoms with Gasteiger partial charge in [0.15, 0.2) is 0 Å². The number of imidazole rings is 1. The highest BCUT2D eigenvalue weighted by atomic mass is 35.5. The Morgan fingerprint density at radius 1 is 1.36 bits per heavy atom. The van der Waals surface area contributed by atoms with Crippen LogP contribution in [0.1, 0.15) is 17.5 Å². The van der Waals surface area contributed by atoms with E-state index in [1.165, 1.54) is 17.0 Å². The van der Waals surface area contributed by atoms with Crippen molar-refractivity contribution >= 4 is 27.3 Å². The summed E-state index contributed by atoms with van der Waals surface area (Å²) in [6, 6.07) is 3.16. The van der Waals surface area contributed by atoms with Crippen molar-refractivity contribution in [2.45, 2.75) is 24.8 Å². The lowest BCUT2D eigenvalue weighted by Crippen LogP contribution is -2.36. The van der Waals surface area contributed by atoms with E-state index in [0.29, 0.717) is 18.4 Å². The minimum atomic E-state index is -3.99. The Morgan fingerprint density at radius 3 is 2.73 bits per heavy atom. The van der Waals surface area contributed by atoms with Crippen LogP contribution >= 0.6 is 11.6 Å². The van der Waals surface area contributed by atoms with Gasteiger partial charge < -0.3 is 4.57 Å². The van der Waals surface area contributed by atoms with Crippen LogP contribution < -0.4 is 4.31 Å². The summed E-state index contributed by atoms with van der Waals surface area (Å²) in [5.74, 6) is -0.537. The molecule has 2 aromatic rings. The molecule has 118 valence electrons. The molecular formula is C14H15ClFN3O2S. The number of benzene rings is 1. The van der Waals surface area contributed by atoms with Crippen LogP contribution in [0.4, 0.5) is 10.1 Å². The van der Waals surface area contributed by atoms with Gasteiger partial charge in [-0.15, -0.1) is 0 Å². The lowest BCUT2D eigenvalue weighted by molar-refractivity contribution is 0.574.